The monoisotopic (exact) mass is 935 g/mol. The molecule has 0 spiro atoms. The Morgan fingerprint density at radius 1 is 0.627 bits per heavy atom. The number of carbonyl (C=O) groups excluding carboxylic acids is 7. The first-order valence-electron chi connectivity index (χ1n) is 23.1. The molecule has 3 aromatic rings. The second-order valence-electron chi connectivity index (χ2n) is 21.4. The summed E-state index contributed by atoms with van der Waals surface area (Å²) in [7, 11) is 0. The highest BCUT2D eigenvalue weighted by Gasteiger charge is 2.27. The molecule has 0 fully saturated rings. The Balaban J connectivity index is 0.00000499. The average Bonchev–Trinajstić information content (AvgIpc) is 3.58. The fourth-order valence-electron chi connectivity index (χ4n) is 7.12. The number of benzene rings is 2. The molecule has 0 unspecified atom stereocenters. The number of aromatic nitrogens is 1. The van der Waals surface area contributed by atoms with Gasteiger partial charge in [0.1, 0.15) is 29.2 Å². The topological polar surface area (TPSA) is 182 Å². The minimum absolute atomic E-state index is 0.0306. The molecule has 15 nitrogen and oxygen atoms in total. The van der Waals surface area contributed by atoms with Gasteiger partial charge in [-0.05, 0) is 109 Å². The van der Waals surface area contributed by atoms with Crippen LogP contribution in [0.1, 0.15) is 113 Å². The number of aryl methyl sites for hydroxylation is 1. The number of Topliss-reactive ketones (excluding diaryl/α,β-unsaturated/α-hetero) is 2. The van der Waals surface area contributed by atoms with Crippen LogP contribution in [0, 0.1) is 11.3 Å². The number of carbonyl (C=O) groups is 5. The van der Waals surface area contributed by atoms with Gasteiger partial charge in [-0.25, -0.2) is 0 Å². The highest BCUT2D eigenvalue weighted by molar-refractivity contribution is 5.83. The average molecular weight is 935 g/mol. The van der Waals surface area contributed by atoms with E-state index in [1.54, 1.807) is 46.4 Å². The van der Waals surface area contributed by atoms with Crippen LogP contribution in [0.15, 0.2) is 54.6 Å². The smallest absolute Gasteiger partial charge is 0.373 e. The maximum absolute atomic E-state index is 13.7. The Bertz CT molecular complexity index is 2000. The number of hydrogen-bond acceptors (Lipinski definition) is 14. The molecular weight excluding hydrogens is 857 g/mol. The van der Waals surface area contributed by atoms with Crippen LogP contribution in [0.5, 0.6) is 0 Å². The summed E-state index contributed by atoms with van der Waals surface area (Å²) in [6, 6.07) is 18.0. The van der Waals surface area contributed by atoms with Gasteiger partial charge in [-0.2, -0.15) is 9.59 Å². The van der Waals surface area contributed by atoms with Crippen LogP contribution in [0.25, 0.3) is 10.9 Å². The van der Waals surface area contributed by atoms with Gasteiger partial charge in [-0.15, -0.1) is 0 Å². The van der Waals surface area contributed by atoms with Crippen molar-refractivity contribution in [1.29, 1.82) is 0 Å². The number of aromatic amines is 1. The molecule has 0 aliphatic carbocycles. The molecule has 0 saturated carbocycles. The van der Waals surface area contributed by atoms with Gasteiger partial charge in [0.2, 0.25) is 0 Å². The van der Waals surface area contributed by atoms with E-state index in [4.69, 9.17) is 28.5 Å². The minimum Gasteiger partial charge on any atom is -0.459 e. The number of ether oxygens (including phenoxy) is 4. The number of ketones is 2. The lowest BCUT2D eigenvalue weighted by Crippen LogP contribution is -2.47. The number of H-pyrrole nitrogens is 1. The second kappa shape index (κ2) is 27.1. The summed E-state index contributed by atoms with van der Waals surface area (Å²) < 4.78 is 22.6. The molecule has 67 heavy (non-hydrogen) atoms. The predicted octanol–water partition coefficient (Wildman–Crippen LogP) is 7.03. The van der Waals surface area contributed by atoms with E-state index < -0.39 is 28.7 Å². The molecule has 1 heterocycles. The number of para-hydroxylation sites is 1. The first-order chi connectivity index (χ1) is 31.0. The van der Waals surface area contributed by atoms with Crippen molar-refractivity contribution in [1.82, 2.24) is 19.7 Å². The van der Waals surface area contributed by atoms with Crippen LogP contribution in [0.3, 0.4) is 0 Å². The Labute approximate surface area is 398 Å². The van der Waals surface area contributed by atoms with Gasteiger partial charge in [0.25, 0.3) is 0 Å². The zero-order chi connectivity index (χ0) is 50.6. The Morgan fingerprint density at radius 3 is 1.58 bits per heavy atom. The molecule has 0 saturated heterocycles. The van der Waals surface area contributed by atoms with Gasteiger partial charge in [0.15, 0.2) is 5.78 Å². The van der Waals surface area contributed by atoms with E-state index in [2.05, 4.69) is 42.8 Å². The number of esters is 3. The molecule has 0 aliphatic heterocycles. The molecule has 1 N–H and O–H groups in total. The van der Waals surface area contributed by atoms with E-state index in [9.17, 15) is 24.0 Å². The van der Waals surface area contributed by atoms with Crippen molar-refractivity contribution in [3.63, 3.8) is 0 Å². The summed E-state index contributed by atoms with van der Waals surface area (Å²) in [6.45, 7) is 27.1. The molecule has 0 amide bonds. The van der Waals surface area contributed by atoms with Crippen molar-refractivity contribution in [3.8, 4) is 0 Å². The summed E-state index contributed by atoms with van der Waals surface area (Å²) in [5.74, 6) is -1.36. The normalized spacial score (nSPS) is 12.7. The largest absolute Gasteiger partial charge is 0.459 e. The van der Waals surface area contributed by atoms with E-state index in [0.717, 1.165) is 27.7 Å². The zero-order valence-corrected chi connectivity index (χ0v) is 42.5. The van der Waals surface area contributed by atoms with Crippen LogP contribution in [0.4, 0.5) is 0 Å². The lowest BCUT2D eigenvalue weighted by molar-refractivity contribution is -0.192. The van der Waals surface area contributed by atoms with Crippen LogP contribution in [0.2, 0.25) is 0 Å². The number of nitrogens with one attached hydrogen (secondary N) is 1. The van der Waals surface area contributed by atoms with Crippen molar-refractivity contribution in [3.05, 3.63) is 71.4 Å². The van der Waals surface area contributed by atoms with E-state index in [-0.39, 0.29) is 74.4 Å². The maximum atomic E-state index is 13.7. The van der Waals surface area contributed by atoms with Crippen molar-refractivity contribution in [2.24, 2.45) is 11.3 Å². The minimum atomic E-state index is -0.704. The van der Waals surface area contributed by atoms with Crippen molar-refractivity contribution in [2.45, 2.75) is 133 Å². The van der Waals surface area contributed by atoms with Gasteiger partial charge >= 0.3 is 24.1 Å². The third-order valence-electron chi connectivity index (χ3n) is 9.77. The highest BCUT2D eigenvalue weighted by Crippen LogP contribution is 2.19. The number of nitrogens with zero attached hydrogens (tertiary/aromatic N) is 3. The quantitative estimate of drug-likeness (QED) is 0.0676. The van der Waals surface area contributed by atoms with Crippen LogP contribution in [-0.2, 0) is 72.0 Å². The molecule has 0 radical (unpaired) electrons. The standard InChI is InChI=1S/C51H78N4O9.CO2/c1-37(28-41-29-40-16-14-15-17-43(40)52-41)44(57)35-61-34-39-20-18-38(19-21-39)22-23-42(56)30-53(25-27-55(36-48(2,3)4)33-47(60)64-51(11,12)13)24-26-54(31-45(58)62-49(5,6)7)32-46(59)63-50(8,9)10;2-1-3/h14-21,29,37,52H,22-28,30-36H2,1-13H3;/t37-;/m1./s1. The Hall–Kier alpha value is -5.05. The van der Waals surface area contributed by atoms with Gasteiger partial charge in [-0.1, -0.05) is 70.2 Å². The van der Waals surface area contributed by atoms with Gasteiger partial charge in [-0.3, -0.25) is 38.7 Å². The molecule has 3 rings (SSSR count). The predicted molar refractivity (Wildman–Crippen MR) is 257 cm³/mol. The second-order valence-corrected chi connectivity index (χ2v) is 21.4. The van der Waals surface area contributed by atoms with Crippen LogP contribution >= 0.6 is 0 Å². The molecule has 1 aromatic heterocycles. The van der Waals surface area contributed by atoms with Gasteiger partial charge < -0.3 is 23.9 Å². The summed E-state index contributed by atoms with van der Waals surface area (Å²) in [5.41, 5.74) is 1.88. The van der Waals surface area contributed by atoms with E-state index in [1.165, 1.54) is 0 Å². The third-order valence-corrected chi connectivity index (χ3v) is 9.77. The van der Waals surface area contributed by atoms with E-state index in [0.29, 0.717) is 52.0 Å². The first kappa shape index (κ1) is 58.1. The Morgan fingerprint density at radius 2 is 1.09 bits per heavy atom. The molecule has 372 valence electrons. The van der Waals surface area contributed by atoms with Crippen molar-refractivity contribution < 1.29 is 52.5 Å². The SMILES string of the molecule is C[C@H](Cc1cc2ccccc2[nH]1)C(=O)COCc1ccc(CCC(=O)CN(CCN(CC(=O)OC(C)(C)C)CC(=O)OC(C)(C)C)CCN(CC(=O)OC(C)(C)C)CC(C)(C)C)cc1.O=C=O. The summed E-state index contributed by atoms with van der Waals surface area (Å²) in [6.07, 6.45) is 1.71. The number of fused-ring (bicyclic) bond motifs is 1. The van der Waals surface area contributed by atoms with E-state index >= 15 is 0 Å². The number of rotatable bonds is 25. The van der Waals surface area contributed by atoms with Crippen molar-refractivity contribution >= 4 is 46.5 Å². The zero-order valence-electron chi connectivity index (χ0n) is 42.5. The molecule has 0 aliphatic rings. The maximum Gasteiger partial charge on any atom is 0.373 e. The fourth-order valence-corrected chi connectivity index (χ4v) is 7.12. The van der Waals surface area contributed by atoms with Crippen molar-refractivity contribution in [2.75, 3.05) is 65.5 Å². The molecule has 15 heteroatoms. The third kappa shape index (κ3) is 26.8. The molecule has 2 aromatic carbocycles. The molecular formula is C52H78N4O11. The summed E-state index contributed by atoms with van der Waals surface area (Å²) >= 11 is 0. The van der Waals surface area contributed by atoms with E-state index in [1.807, 2.05) is 75.1 Å². The highest BCUT2D eigenvalue weighted by atomic mass is 16.6. The molecule has 1 atom stereocenters. The number of hydrogen-bond donors (Lipinski definition) is 1. The van der Waals surface area contributed by atoms with Gasteiger partial charge in [0.05, 0.1) is 32.8 Å². The summed E-state index contributed by atoms with van der Waals surface area (Å²) in [4.78, 5) is 90.9. The lowest BCUT2D eigenvalue weighted by Gasteiger charge is -2.33. The fraction of sp³-hybridized carbons (Fsp3) is 0.615. The Kier molecular flexibility index (Phi) is 23.5. The summed E-state index contributed by atoms with van der Waals surface area (Å²) in [5, 5.41) is 1.13. The van der Waals surface area contributed by atoms with Crippen LogP contribution in [-0.4, -0.2) is 138 Å². The van der Waals surface area contributed by atoms with Crippen LogP contribution < -0.4 is 0 Å². The van der Waals surface area contributed by atoms with Gasteiger partial charge in [0, 0.05) is 56.3 Å². The lowest BCUT2D eigenvalue weighted by atomic mass is 9.96. The molecule has 0 bridgehead atoms. The first-order valence-corrected chi connectivity index (χ1v) is 23.1.